The molecule has 1 heterocycles. The molecule has 0 saturated carbocycles. The van der Waals surface area contributed by atoms with Crippen LogP contribution < -0.4 is 5.32 Å². The molecule has 1 aromatic rings. The van der Waals surface area contributed by atoms with E-state index in [0.717, 1.165) is 0 Å². The van der Waals surface area contributed by atoms with E-state index in [1.807, 2.05) is 0 Å². The highest BCUT2D eigenvalue weighted by Crippen LogP contribution is 2.43. The number of carbonyl (C=O) groups is 2. The molecule has 22 heavy (non-hydrogen) atoms. The Hall–Kier alpha value is -2.81. The van der Waals surface area contributed by atoms with Crippen molar-refractivity contribution < 1.29 is 19.1 Å². The quantitative estimate of drug-likeness (QED) is 0.670. The van der Waals surface area contributed by atoms with Crippen molar-refractivity contribution in [3.8, 4) is 6.07 Å². The average Bonchev–Trinajstić information content (AvgIpc) is 2.69. The van der Waals surface area contributed by atoms with Gasteiger partial charge in [-0.05, 0) is 26.8 Å². The summed E-state index contributed by atoms with van der Waals surface area (Å²) >= 11 is 0. The van der Waals surface area contributed by atoms with Gasteiger partial charge in [-0.15, -0.1) is 0 Å². The van der Waals surface area contributed by atoms with Gasteiger partial charge < -0.3 is 14.8 Å². The second kappa shape index (κ2) is 5.19. The van der Waals surface area contributed by atoms with Crippen LogP contribution in [-0.2, 0) is 19.9 Å². The van der Waals surface area contributed by atoms with Crippen molar-refractivity contribution in [2.45, 2.75) is 32.0 Å². The monoisotopic (exact) mass is 300 g/mol. The first kappa shape index (κ1) is 15.6. The van der Waals surface area contributed by atoms with Crippen LogP contribution in [0.4, 0.5) is 10.5 Å². The van der Waals surface area contributed by atoms with Gasteiger partial charge >= 0.3 is 6.16 Å². The van der Waals surface area contributed by atoms with Crippen LogP contribution in [0.1, 0.15) is 26.3 Å². The van der Waals surface area contributed by atoms with E-state index in [1.165, 1.54) is 0 Å². The SMILES string of the molecule is C=C(C#N)C1(OC(=O)OC(C)(C)C)C(=O)Nc2ccccc21. The Bertz CT molecular complexity index is 697. The molecule has 0 saturated heterocycles. The second-order valence-electron chi connectivity index (χ2n) is 5.84. The van der Waals surface area contributed by atoms with Gasteiger partial charge in [0, 0.05) is 11.3 Å². The fraction of sp³-hybridized carbons (Fsp3) is 0.312. The van der Waals surface area contributed by atoms with Gasteiger partial charge in [-0.25, -0.2) is 4.79 Å². The van der Waals surface area contributed by atoms with Crippen molar-refractivity contribution in [2.24, 2.45) is 0 Å². The Morgan fingerprint density at radius 2 is 2.00 bits per heavy atom. The minimum Gasteiger partial charge on any atom is -0.429 e. The number of nitriles is 1. The Labute approximate surface area is 128 Å². The molecule has 1 unspecified atom stereocenters. The number of fused-ring (bicyclic) bond motifs is 1. The summed E-state index contributed by atoms with van der Waals surface area (Å²) < 4.78 is 10.4. The summed E-state index contributed by atoms with van der Waals surface area (Å²) in [6.45, 7) is 8.58. The van der Waals surface area contributed by atoms with Gasteiger partial charge in [0.2, 0.25) is 0 Å². The van der Waals surface area contributed by atoms with Crippen LogP contribution in [0.3, 0.4) is 0 Å². The minimum absolute atomic E-state index is 0.194. The molecule has 114 valence electrons. The fourth-order valence-electron chi connectivity index (χ4n) is 2.17. The number of ether oxygens (including phenoxy) is 2. The van der Waals surface area contributed by atoms with Gasteiger partial charge in [-0.2, -0.15) is 5.26 Å². The molecular formula is C16H16N2O4. The van der Waals surface area contributed by atoms with E-state index >= 15 is 0 Å². The van der Waals surface area contributed by atoms with E-state index in [4.69, 9.17) is 9.47 Å². The third kappa shape index (κ3) is 2.53. The number of anilines is 1. The molecule has 6 heteroatoms. The standard InChI is InChI=1S/C16H16N2O4/c1-10(9-17)16(22-14(20)21-15(2,3)4)11-7-5-6-8-12(11)18-13(16)19/h5-8H,1H2,2-4H3,(H,18,19). The molecular weight excluding hydrogens is 284 g/mol. The van der Waals surface area contributed by atoms with Crippen LogP contribution in [0.25, 0.3) is 0 Å². The summed E-state index contributed by atoms with van der Waals surface area (Å²) in [6.07, 6.45) is -1.05. The van der Waals surface area contributed by atoms with Crippen LogP contribution in [0.15, 0.2) is 36.4 Å². The van der Waals surface area contributed by atoms with E-state index in [9.17, 15) is 14.9 Å². The lowest BCUT2D eigenvalue weighted by atomic mass is 9.88. The van der Waals surface area contributed by atoms with Gasteiger partial charge in [0.05, 0.1) is 11.6 Å². The molecule has 0 fully saturated rings. The topological polar surface area (TPSA) is 88.4 Å². The molecule has 0 aromatic heterocycles. The van der Waals surface area contributed by atoms with E-state index in [-0.39, 0.29) is 5.57 Å². The zero-order chi connectivity index (χ0) is 16.5. The Balaban J connectivity index is 2.48. The van der Waals surface area contributed by atoms with Crippen LogP contribution in [0.2, 0.25) is 0 Å². The number of nitrogens with zero attached hydrogens (tertiary/aromatic N) is 1. The molecule has 1 aromatic carbocycles. The first-order valence-corrected chi connectivity index (χ1v) is 6.63. The van der Waals surface area contributed by atoms with Gasteiger partial charge in [0.15, 0.2) is 0 Å². The number of carbonyl (C=O) groups excluding carboxylic acids is 2. The molecule has 0 radical (unpaired) electrons. The van der Waals surface area contributed by atoms with E-state index < -0.39 is 23.3 Å². The number of hydrogen-bond acceptors (Lipinski definition) is 5. The Morgan fingerprint density at radius 3 is 2.59 bits per heavy atom. The lowest BCUT2D eigenvalue weighted by molar-refractivity contribution is -0.134. The van der Waals surface area contributed by atoms with Crippen molar-refractivity contribution in [1.29, 1.82) is 5.26 Å². The average molecular weight is 300 g/mol. The van der Waals surface area contributed by atoms with Crippen LogP contribution >= 0.6 is 0 Å². The van der Waals surface area contributed by atoms with Crippen LogP contribution in [-0.4, -0.2) is 17.7 Å². The zero-order valence-electron chi connectivity index (χ0n) is 12.6. The lowest BCUT2D eigenvalue weighted by Crippen LogP contribution is -2.42. The van der Waals surface area contributed by atoms with Crippen LogP contribution in [0.5, 0.6) is 0 Å². The molecule has 0 bridgehead atoms. The molecule has 6 nitrogen and oxygen atoms in total. The molecule has 0 aliphatic carbocycles. The van der Waals surface area contributed by atoms with Gasteiger partial charge in [0.1, 0.15) is 5.60 Å². The Kier molecular flexibility index (Phi) is 3.67. The summed E-state index contributed by atoms with van der Waals surface area (Å²) in [5, 5.41) is 11.8. The molecule has 0 spiro atoms. The van der Waals surface area contributed by atoms with Crippen molar-refractivity contribution in [3.63, 3.8) is 0 Å². The van der Waals surface area contributed by atoms with Crippen molar-refractivity contribution >= 4 is 17.7 Å². The molecule has 1 N–H and O–H groups in total. The molecule has 1 atom stereocenters. The molecule has 1 aliphatic heterocycles. The largest absolute Gasteiger partial charge is 0.510 e. The number of rotatable bonds is 2. The third-order valence-electron chi connectivity index (χ3n) is 3.06. The van der Waals surface area contributed by atoms with E-state index in [2.05, 4.69) is 11.9 Å². The molecule has 1 aliphatic rings. The summed E-state index contributed by atoms with van der Waals surface area (Å²) in [6, 6.07) is 8.44. The zero-order valence-corrected chi connectivity index (χ0v) is 12.6. The normalized spacial score (nSPS) is 19.6. The second-order valence-corrected chi connectivity index (χ2v) is 5.84. The summed E-state index contributed by atoms with van der Waals surface area (Å²) in [5.74, 6) is -0.647. The van der Waals surface area contributed by atoms with Crippen molar-refractivity contribution in [2.75, 3.05) is 5.32 Å². The third-order valence-corrected chi connectivity index (χ3v) is 3.06. The maximum atomic E-state index is 12.4. The van der Waals surface area contributed by atoms with Crippen molar-refractivity contribution in [3.05, 3.63) is 42.0 Å². The predicted molar refractivity (Wildman–Crippen MR) is 78.8 cm³/mol. The smallest absolute Gasteiger partial charge is 0.429 e. The fourth-order valence-corrected chi connectivity index (χ4v) is 2.17. The maximum absolute atomic E-state index is 12.4. The Morgan fingerprint density at radius 1 is 1.36 bits per heavy atom. The van der Waals surface area contributed by atoms with Gasteiger partial charge in [-0.1, -0.05) is 24.8 Å². The van der Waals surface area contributed by atoms with E-state index in [0.29, 0.717) is 11.3 Å². The summed E-state index contributed by atoms with van der Waals surface area (Å²) in [4.78, 5) is 24.4. The predicted octanol–water partition coefficient (Wildman–Crippen LogP) is 2.87. The summed E-state index contributed by atoms with van der Waals surface area (Å²) in [7, 11) is 0. The highest BCUT2D eigenvalue weighted by Gasteiger charge is 2.54. The van der Waals surface area contributed by atoms with Crippen LogP contribution in [0, 0.1) is 11.3 Å². The highest BCUT2D eigenvalue weighted by molar-refractivity contribution is 6.08. The summed E-state index contributed by atoms with van der Waals surface area (Å²) in [5.41, 5.74) is -2.06. The molecule has 1 amide bonds. The van der Waals surface area contributed by atoms with Gasteiger partial charge in [-0.3, -0.25) is 4.79 Å². The van der Waals surface area contributed by atoms with Crippen molar-refractivity contribution in [1.82, 2.24) is 0 Å². The number of hydrogen-bond donors (Lipinski definition) is 1. The lowest BCUT2D eigenvalue weighted by Gasteiger charge is -2.28. The minimum atomic E-state index is -1.90. The maximum Gasteiger partial charge on any atom is 0.510 e. The number of nitrogens with one attached hydrogen (secondary N) is 1. The highest BCUT2D eigenvalue weighted by atomic mass is 16.7. The number of para-hydroxylation sites is 1. The molecule has 2 rings (SSSR count). The van der Waals surface area contributed by atoms with E-state index in [1.54, 1.807) is 51.1 Å². The first-order chi connectivity index (χ1) is 10.2. The van der Waals surface area contributed by atoms with Gasteiger partial charge in [0.25, 0.3) is 11.5 Å². The number of benzene rings is 1. The first-order valence-electron chi connectivity index (χ1n) is 6.63. The number of amides is 1.